The van der Waals surface area contributed by atoms with Crippen LogP contribution in [0, 0.1) is 5.82 Å². The minimum Gasteiger partial charge on any atom is -0.366 e. The zero-order valence-corrected chi connectivity index (χ0v) is 15.8. The maximum Gasteiger partial charge on any atom is 0.163 e. The number of anilines is 3. The molecule has 1 aromatic carbocycles. The summed E-state index contributed by atoms with van der Waals surface area (Å²) in [5.41, 5.74) is 2.77. The summed E-state index contributed by atoms with van der Waals surface area (Å²) in [6.45, 7) is 2.01. The fourth-order valence-electron chi connectivity index (χ4n) is 3.89. The lowest BCUT2D eigenvalue weighted by Crippen LogP contribution is -2.31. The van der Waals surface area contributed by atoms with Gasteiger partial charge in [0.05, 0.1) is 6.20 Å². The first-order chi connectivity index (χ1) is 13.8. The van der Waals surface area contributed by atoms with Gasteiger partial charge in [-0.3, -0.25) is 0 Å². The Bertz CT molecular complexity index is 972. The van der Waals surface area contributed by atoms with E-state index in [-0.39, 0.29) is 5.82 Å². The number of hydrogen-bond donors (Lipinski definition) is 3. The Balaban J connectivity index is 1.51. The van der Waals surface area contributed by atoms with Crippen molar-refractivity contribution in [1.82, 2.24) is 19.9 Å². The van der Waals surface area contributed by atoms with Gasteiger partial charge in [-0.15, -0.1) is 0 Å². The van der Waals surface area contributed by atoms with Crippen molar-refractivity contribution >= 4 is 23.0 Å². The SMILES string of the molecule is Fc1cccc(Nc2cc(N[C@H]3CCCCNC3)nc3c(C4CC4)cnn23)c1. The maximum absolute atomic E-state index is 13.6. The molecule has 0 bridgehead atoms. The van der Waals surface area contributed by atoms with Crippen LogP contribution in [0.15, 0.2) is 36.5 Å². The molecule has 146 valence electrons. The van der Waals surface area contributed by atoms with Crippen molar-refractivity contribution in [2.75, 3.05) is 23.7 Å². The minimum atomic E-state index is -0.266. The number of fused-ring (bicyclic) bond motifs is 1. The van der Waals surface area contributed by atoms with Gasteiger partial charge in [0, 0.05) is 29.9 Å². The Kier molecular flexibility index (Phi) is 4.60. The summed E-state index contributed by atoms with van der Waals surface area (Å²) < 4.78 is 15.5. The van der Waals surface area contributed by atoms with Crippen LogP contribution in [-0.4, -0.2) is 33.7 Å². The number of aromatic nitrogens is 3. The van der Waals surface area contributed by atoms with Crippen molar-refractivity contribution in [2.45, 2.75) is 44.1 Å². The molecule has 2 fully saturated rings. The summed E-state index contributed by atoms with van der Waals surface area (Å²) in [5, 5.41) is 15.0. The van der Waals surface area contributed by atoms with Crippen LogP contribution in [0.3, 0.4) is 0 Å². The molecule has 1 saturated carbocycles. The zero-order chi connectivity index (χ0) is 18.9. The largest absolute Gasteiger partial charge is 0.366 e. The van der Waals surface area contributed by atoms with Crippen LogP contribution in [0.5, 0.6) is 0 Å². The summed E-state index contributed by atoms with van der Waals surface area (Å²) in [7, 11) is 0. The summed E-state index contributed by atoms with van der Waals surface area (Å²) in [6, 6.07) is 8.80. The van der Waals surface area contributed by atoms with Gasteiger partial charge in [-0.1, -0.05) is 12.5 Å². The lowest BCUT2D eigenvalue weighted by molar-refractivity contribution is 0.628. The highest BCUT2D eigenvalue weighted by molar-refractivity contribution is 5.66. The molecule has 0 unspecified atom stereocenters. The molecule has 0 radical (unpaired) electrons. The van der Waals surface area contributed by atoms with Crippen LogP contribution in [0.2, 0.25) is 0 Å². The average Bonchev–Trinajstić information content (AvgIpc) is 3.47. The van der Waals surface area contributed by atoms with Crippen molar-refractivity contribution in [2.24, 2.45) is 0 Å². The number of nitrogens with one attached hydrogen (secondary N) is 3. The van der Waals surface area contributed by atoms with Gasteiger partial charge in [0.1, 0.15) is 17.5 Å². The number of hydrogen-bond acceptors (Lipinski definition) is 5. The van der Waals surface area contributed by atoms with Crippen molar-refractivity contribution in [3.05, 3.63) is 47.9 Å². The van der Waals surface area contributed by atoms with Crippen LogP contribution in [0.1, 0.15) is 43.6 Å². The first-order valence-corrected chi connectivity index (χ1v) is 10.1. The molecule has 3 heterocycles. The second-order valence-corrected chi connectivity index (χ2v) is 7.81. The zero-order valence-electron chi connectivity index (χ0n) is 15.8. The van der Waals surface area contributed by atoms with Crippen LogP contribution in [-0.2, 0) is 0 Å². The van der Waals surface area contributed by atoms with Crippen LogP contribution in [0.25, 0.3) is 5.65 Å². The van der Waals surface area contributed by atoms with Crippen molar-refractivity contribution in [3.63, 3.8) is 0 Å². The summed E-state index contributed by atoms with van der Waals surface area (Å²) >= 11 is 0. The van der Waals surface area contributed by atoms with Gasteiger partial charge < -0.3 is 16.0 Å². The van der Waals surface area contributed by atoms with Crippen LogP contribution >= 0.6 is 0 Å². The molecule has 5 rings (SSSR count). The number of rotatable bonds is 5. The molecule has 1 aliphatic heterocycles. The van der Waals surface area contributed by atoms with E-state index in [0.717, 1.165) is 36.8 Å². The average molecular weight is 380 g/mol. The first-order valence-electron chi connectivity index (χ1n) is 10.1. The molecule has 28 heavy (non-hydrogen) atoms. The van der Waals surface area contributed by atoms with Crippen molar-refractivity contribution in [3.8, 4) is 0 Å². The Morgan fingerprint density at radius 3 is 2.93 bits per heavy atom. The van der Waals surface area contributed by atoms with Crippen molar-refractivity contribution in [1.29, 1.82) is 0 Å². The lowest BCUT2D eigenvalue weighted by Gasteiger charge is -2.18. The van der Waals surface area contributed by atoms with Crippen LogP contribution in [0.4, 0.5) is 21.7 Å². The second kappa shape index (κ2) is 7.39. The first kappa shape index (κ1) is 17.4. The highest BCUT2D eigenvalue weighted by Gasteiger charge is 2.28. The van der Waals surface area contributed by atoms with Crippen molar-refractivity contribution < 1.29 is 4.39 Å². The molecule has 0 spiro atoms. The molecule has 3 N–H and O–H groups in total. The van der Waals surface area contributed by atoms with E-state index < -0.39 is 0 Å². The van der Waals surface area contributed by atoms with E-state index in [9.17, 15) is 4.39 Å². The van der Waals surface area contributed by atoms with E-state index in [2.05, 4.69) is 21.0 Å². The number of halogens is 1. The van der Waals surface area contributed by atoms with Gasteiger partial charge >= 0.3 is 0 Å². The summed E-state index contributed by atoms with van der Waals surface area (Å²) in [4.78, 5) is 4.89. The third kappa shape index (κ3) is 3.67. The molecular weight excluding hydrogens is 355 g/mol. The number of benzene rings is 1. The molecule has 7 heteroatoms. The fraction of sp³-hybridized carbons (Fsp3) is 0.429. The maximum atomic E-state index is 13.6. The molecule has 6 nitrogen and oxygen atoms in total. The van der Waals surface area contributed by atoms with Gasteiger partial charge in [-0.25, -0.2) is 9.37 Å². The van der Waals surface area contributed by atoms with Gasteiger partial charge in [0.2, 0.25) is 0 Å². The highest BCUT2D eigenvalue weighted by Crippen LogP contribution is 2.42. The molecule has 3 aromatic rings. The molecule has 1 saturated heterocycles. The predicted molar refractivity (Wildman–Crippen MR) is 109 cm³/mol. The van der Waals surface area contributed by atoms with E-state index in [0.29, 0.717) is 17.6 Å². The molecule has 0 amide bonds. The van der Waals surface area contributed by atoms with Gasteiger partial charge in [0.25, 0.3) is 0 Å². The van der Waals surface area contributed by atoms with E-state index in [1.807, 2.05) is 22.8 Å². The van der Waals surface area contributed by atoms with Gasteiger partial charge in [0.15, 0.2) is 5.65 Å². The standard InChI is InChI=1S/C21H25FN6/c22-15-4-3-6-16(10-15)26-20-11-19(25-17-5-1-2-9-23-12-17)27-21-18(14-7-8-14)13-24-28(20)21/h3-4,6,10-11,13-14,17,23,26H,1-2,5,7-9,12H2,(H,25,27)/t17-/m0/s1. The Labute approximate surface area is 163 Å². The monoisotopic (exact) mass is 380 g/mol. The van der Waals surface area contributed by atoms with Gasteiger partial charge in [-0.2, -0.15) is 9.61 Å². The molecule has 1 aliphatic carbocycles. The molecule has 1 atom stereocenters. The Morgan fingerprint density at radius 1 is 1.14 bits per heavy atom. The minimum absolute atomic E-state index is 0.266. The normalized spacial score (nSPS) is 20.1. The predicted octanol–water partition coefficient (Wildman–Crippen LogP) is 4.04. The lowest BCUT2D eigenvalue weighted by atomic mass is 10.1. The molecule has 2 aliphatic rings. The fourth-order valence-corrected chi connectivity index (χ4v) is 3.89. The summed E-state index contributed by atoms with van der Waals surface area (Å²) in [5.74, 6) is 1.91. The third-order valence-electron chi connectivity index (χ3n) is 5.51. The molecule has 2 aromatic heterocycles. The quantitative estimate of drug-likeness (QED) is 0.623. The highest BCUT2D eigenvalue weighted by atomic mass is 19.1. The van der Waals surface area contributed by atoms with E-state index in [4.69, 9.17) is 4.98 Å². The smallest absolute Gasteiger partial charge is 0.163 e. The molecular formula is C21H25FN6. The van der Waals surface area contributed by atoms with E-state index >= 15 is 0 Å². The van der Waals surface area contributed by atoms with Gasteiger partial charge in [-0.05, 0) is 56.3 Å². The number of nitrogens with zero attached hydrogens (tertiary/aromatic N) is 3. The van der Waals surface area contributed by atoms with E-state index in [1.165, 1.54) is 43.4 Å². The topological polar surface area (TPSA) is 66.3 Å². The van der Waals surface area contributed by atoms with E-state index in [1.54, 1.807) is 6.07 Å². The second-order valence-electron chi connectivity index (χ2n) is 7.81. The third-order valence-corrected chi connectivity index (χ3v) is 5.51. The summed E-state index contributed by atoms with van der Waals surface area (Å²) in [6.07, 6.45) is 7.86. The Morgan fingerprint density at radius 2 is 2.07 bits per heavy atom. The van der Waals surface area contributed by atoms with Crippen LogP contribution < -0.4 is 16.0 Å². The Hall–Kier alpha value is -2.67.